The summed E-state index contributed by atoms with van der Waals surface area (Å²) in [5, 5.41) is 3.93. The molecule has 0 saturated carbocycles. The molecule has 0 fully saturated rings. The van der Waals surface area contributed by atoms with Gasteiger partial charge in [0.15, 0.2) is 5.82 Å². The maximum absolute atomic E-state index is 12.6. The first kappa shape index (κ1) is 18.1. The third-order valence-electron chi connectivity index (χ3n) is 4.48. The Balaban J connectivity index is 1.57. The van der Waals surface area contributed by atoms with E-state index in [0.717, 1.165) is 17.7 Å². The van der Waals surface area contributed by atoms with Crippen LogP contribution in [-0.2, 0) is 22.4 Å². The zero-order valence-corrected chi connectivity index (χ0v) is 15.3. The Labute approximate surface area is 152 Å². The molecule has 0 saturated heterocycles. The number of hydrogen-bond acceptors (Lipinski definition) is 6. The summed E-state index contributed by atoms with van der Waals surface area (Å²) in [5.74, 6) is 1.20. The van der Waals surface area contributed by atoms with Gasteiger partial charge in [0.2, 0.25) is 11.8 Å². The van der Waals surface area contributed by atoms with Gasteiger partial charge in [-0.2, -0.15) is 4.98 Å². The van der Waals surface area contributed by atoms with Crippen molar-refractivity contribution in [1.29, 1.82) is 0 Å². The van der Waals surface area contributed by atoms with E-state index in [1.54, 1.807) is 17.0 Å². The SMILES string of the molecule is COC(=O)c1ccc2c(c1)CCN2C(=O)CCCc1nc(C(C)C)no1. The molecule has 1 amide bonds. The Hall–Kier alpha value is -2.70. The fourth-order valence-electron chi connectivity index (χ4n) is 3.04. The van der Waals surface area contributed by atoms with Crippen molar-refractivity contribution in [3.63, 3.8) is 0 Å². The maximum atomic E-state index is 12.6. The predicted molar refractivity (Wildman–Crippen MR) is 95.2 cm³/mol. The van der Waals surface area contributed by atoms with Crippen molar-refractivity contribution in [1.82, 2.24) is 10.1 Å². The number of carbonyl (C=O) groups is 2. The van der Waals surface area contributed by atoms with Crippen molar-refractivity contribution in [2.24, 2.45) is 0 Å². The topological polar surface area (TPSA) is 85.5 Å². The van der Waals surface area contributed by atoms with E-state index in [0.29, 0.717) is 43.1 Å². The Morgan fingerprint density at radius 2 is 2.15 bits per heavy atom. The number of methoxy groups -OCH3 is 1. The molecule has 1 aromatic carbocycles. The summed E-state index contributed by atoms with van der Waals surface area (Å²) in [6, 6.07) is 5.32. The first-order valence-corrected chi connectivity index (χ1v) is 8.83. The molecule has 0 N–H and O–H groups in total. The van der Waals surface area contributed by atoms with Gasteiger partial charge in [-0.05, 0) is 36.6 Å². The van der Waals surface area contributed by atoms with Crippen molar-refractivity contribution in [2.45, 2.75) is 45.4 Å². The monoisotopic (exact) mass is 357 g/mol. The first-order chi connectivity index (χ1) is 12.5. The number of benzene rings is 1. The standard InChI is InChI=1S/C19H23N3O4/c1-12(2)18-20-16(26-21-18)5-4-6-17(23)22-10-9-13-11-14(19(24)25-3)7-8-15(13)22/h7-8,11-12H,4-6,9-10H2,1-3H3. The van der Waals surface area contributed by atoms with Crippen molar-refractivity contribution >= 4 is 17.6 Å². The Bertz CT molecular complexity index is 813. The number of amides is 1. The molecule has 2 heterocycles. The molecular weight excluding hydrogens is 334 g/mol. The van der Waals surface area contributed by atoms with E-state index in [2.05, 4.69) is 10.1 Å². The average Bonchev–Trinajstić information content (AvgIpc) is 3.27. The normalized spacial score (nSPS) is 13.2. The summed E-state index contributed by atoms with van der Waals surface area (Å²) in [7, 11) is 1.36. The molecule has 1 aromatic heterocycles. The summed E-state index contributed by atoms with van der Waals surface area (Å²) < 4.78 is 9.95. The highest BCUT2D eigenvalue weighted by Crippen LogP contribution is 2.30. The van der Waals surface area contributed by atoms with Gasteiger partial charge in [0.25, 0.3) is 0 Å². The van der Waals surface area contributed by atoms with E-state index >= 15 is 0 Å². The van der Waals surface area contributed by atoms with Gasteiger partial charge in [-0.25, -0.2) is 4.79 Å². The van der Waals surface area contributed by atoms with Crippen LogP contribution in [0, 0.1) is 0 Å². The molecule has 0 spiro atoms. The number of carbonyl (C=O) groups excluding carboxylic acids is 2. The molecule has 0 aliphatic carbocycles. The molecule has 7 heteroatoms. The minimum Gasteiger partial charge on any atom is -0.465 e. The Kier molecular flexibility index (Phi) is 5.35. The molecule has 2 aromatic rings. The molecule has 3 rings (SSSR count). The second-order valence-corrected chi connectivity index (χ2v) is 6.69. The van der Waals surface area contributed by atoms with Gasteiger partial charge in [-0.1, -0.05) is 19.0 Å². The number of hydrogen-bond donors (Lipinski definition) is 0. The zero-order chi connectivity index (χ0) is 18.7. The van der Waals surface area contributed by atoms with Crippen LogP contribution >= 0.6 is 0 Å². The summed E-state index contributed by atoms with van der Waals surface area (Å²) in [6.07, 6.45) is 2.41. The molecule has 1 aliphatic heterocycles. The fourth-order valence-corrected chi connectivity index (χ4v) is 3.04. The van der Waals surface area contributed by atoms with Crippen LogP contribution in [0.2, 0.25) is 0 Å². The van der Waals surface area contributed by atoms with Crippen molar-refractivity contribution in [3.8, 4) is 0 Å². The number of anilines is 1. The number of aryl methyl sites for hydroxylation is 1. The second-order valence-electron chi connectivity index (χ2n) is 6.69. The number of fused-ring (bicyclic) bond motifs is 1. The summed E-state index contributed by atoms with van der Waals surface area (Å²) >= 11 is 0. The minimum atomic E-state index is -0.363. The molecular formula is C19H23N3O4. The predicted octanol–water partition coefficient (Wildman–Crippen LogP) is 2.89. The molecule has 0 atom stereocenters. The molecule has 0 bridgehead atoms. The van der Waals surface area contributed by atoms with E-state index in [9.17, 15) is 9.59 Å². The Morgan fingerprint density at radius 3 is 2.85 bits per heavy atom. The van der Waals surface area contributed by atoms with Gasteiger partial charge in [-0.3, -0.25) is 4.79 Å². The number of esters is 1. The molecule has 138 valence electrons. The van der Waals surface area contributed by atoms with Crippen LogP contribution in [-0.4, -0.2) is 35.7 Å². The molecule has 26 heavy (non-hydrogen) atoms. The van der Waals surface area contributed by atoms with Crippen LogP contribution in [0.15, 0.2) is 22.7 Å². The van der Waals surface area contributed by atoms with Crippen LogP contribution in [0.4, 0.5) is 5.69 Å². The third-order valence-corrected chi connectivity index (χ3v) is 4.48. The van der Waals surface area contributed by atoms with E-state index in [1.807, 2.05) is 19.9 Å². The molecule has 0 radical (unpaired) electrons. The molecule has 0 unspecified atom stereocenters. The highest BCUT2D eigenvalue weighted by atomic mass is 16.5. The minimum absolute atomic E-state index is 0.0677. The van der Waals surface area contributed by atoms with Gasteiger partial charge in [0.05, 0.1) is 12.7 Å². The number of nitrogens with zero attached hydrogens (tertiary/aromatic N) is 3. The van der Waals surface area contributed by atoms with Gasteiger partial charge in [0, 0.05) is 31.0 Å². The highest BCUT2D eigenvalue weighted by Gasteiger charge is 2.25. The van der Waals surface area contributed by atoms with E-state index < -0.39 is 0 Å². The zero-order valence-electron chi connectivity index (χ0n) is 15.3. The van der Waals surface area contributed by atoms with Crippen molar-refractivity contribution in [2.75, 3.05) is 18.6 Å². The van der Waals surface area contributed by atoms with Crippen LogP contribution in [0.5, 0.6) is 0 Å². The summed E-state index contributed by atoms with van der Waals surface area (Å²) in [6.45, 7) is 4.65. The quantitative estimate of drug-likeness (QED) is 0.739. The third kappa shape index (κ3) is 3.76. The van der Waals surface area contributed by atoms with Crippen LogP contribution in [0.3, 0.4) is 0 Å². The van der Waals surface area contributed by atoms with E-state index in [-0.39, 0.29) is 17.8 Å². The molecule has 7 nitrogen and oxygen atoms in total. The number of rotatable bonds is 6. The van der Waals surface area contributed by atoms with Gasteiger partial charge < -0.3 is 14.2 Å². The van der Waals surface area contributed by atoms with Crippen LogP contribution in [0.1, 0.15) is 60.2 Å². The number of aromatic nitrogens is 2. The van der Waals surface area contributed by atoms with Crippen molar-refractivity contribution < 1.29 is 18.8 Å². The average molecular weight is 357 g/mol. The lowest BCUT2D eigenvalue weighted by Crippen LogP contribution is -2.28. The van der Waals surface area contributed by atoms with Crippen molar-refractivity contribution in [3.05, 3.63) is 41.0 Å². The second kappa shape index (κ2) is 7.68. The fraction of sp³-hybridized carbons (Fsp3) is 0.474. The van der Waals surface area contributed by atoms with Crippen LogP contribution < -0.4 is 4.90 Å². The van der Waals surface area contributed by atoms with E-state index in [1.165, 1.54) is 7.11 Å². The lowest BCUT2D eigenvalue weighted by Gasteiger charge is -2.17. The van der Waals surface area contributed by atoms with Gasteiger partial charge >= 0.3 is 5.97 Å². The Morgan fingerprint density at radius 1 is 1.35 bits per heavy atom. The van der Waals surface area contributed by atoms with E-state index in [4.69, 9.17) is 9.26 Å². The number of ether oxygens (including phenoxy) is 1. The molecule has 1 aliphatic rings. The lowest BCUT2D eigenvalue weighted by atomic mass is 10.1. The summed E-state index contributed by atoms with van der Waals surface area (Å²) in [5.41, 5.74) is 2.39. The van der Waals surface area contributed by atoms with Gasteiger partial charge in [-0.15, -0.1) is 0 Å². The lowest BCUT2D eigenvalue weighted by molar-refractivity contribution is -0.118. The van der Waals surface area contributed by atoms with Gasteiger partial charge in [0.1, 0.15) is 0 Å². The smallest absolute Gasteiger partial charge is 0.337 e. The first-order valence-electron chi connectivity index (χ1n) is 8.83. The van der Waals surface area contributed by atoms with Crippen LogP contribution in [0.25, 0.3) is 0 Å². The summed E-state index contributed by atoms with van der Waals surface area (Å²) in [4.78, 5) is 30.3. The maximum Gasteiger partial charge on any atom is 0.337 e. The largest absolute Gasteiger partial charge is 0.465 e. The highest BCUT2D eigenvalue weighted by molar-refractivity contribution is 5.97.